The molecular weight excluding hydrogens is 286 g/mol. The van der Waals surface area contributed by atoms with Gasteiger partial charge >= 0.3 is 0 Å². The predicted octanol–water partition coefficient (Wildman–Crippen LogP) is 2.30. The van der Waals surface area contributed by atoms with Crippen molar-refractivity contribution < 1.29 is 4.79 Å². The molecule has 1 aliphatic rings. The van der Waals surface area contributed by atoms with Crippen molar-refractivity contribution in [3.05, 3.63) is 28.1 Å². The van der Waals surface area contributed by atoms with Gasteiger partial charge in [0.05, 0.1) is 11.7 Å². The highest BCUT2D eigenvalue weighted by atomic mass is 32.1. The Bertz CT molecular complexity index is 686. The van der Waals surface area contributed by atoms with Crippen molar-refractivity contribution >= 4 is 27.5 Å². The SMILES string of the molecule is O=C(CCn1cnc2sccc2c1=O)NC1CCCCC1. The van der Waals surface area contributed by atoms with Crippen LogP contribution >= 0.6 is 11.3 Å². The largest absolute Gasteiger partial charge is 0.353 e. The molecule has 1 aliphatic carbocycles. The van der Waals surface area contributed by atoms with E-state index in [2.05, 4.69) is 10.3 Å². The minimum Gasteiger partial charge on any atom is -0.353 e. The molecule has 1 N–H and O–H groups in total. The van der Waals surface area contributed by atoms with Gasteiger partial charge in [0.1, 0.15) is 4.83 Å². The number of carbonyl (C=O) groups excluding carboxylic acids is 1. The zero-order chi connectivity index (χ0) is 14.7. The second-order valence-corrected chi connectivity index (χ2v) is 6.43. The molecule has 1 saturated carbocycles. The van der Waals surface area contributed by atoms with Gasteiger partial charge in [0.2, 0.25) is 5.91 Å². The first kappa shape index (κ1) is 14.3. The maximum atomic E-state index is 12.2. The summed E-state index contributed by atoms with van der Waals surface area (Å²) in [5.74, 6) is 0.0271. The van der Waals surface area contributed by atoms with E-state index in [4.69, 9.17) is 0 Å². The highest BCUT2D eigenvalue weighted by molar-refractivity contribution is 7.16. The Balaban J connectivity index is 1.59. The predicted molar refractivity (Wildman–Crippen MR) is 83.5 cm³/mol. The summed E-state index contributed by atoms with van der Waals surface area (Å²) in [6.07, 6.45) is 7.69. The van der Waals surface area contributed by atoms with Crippen molar-refractivity contribution in [3.63, 3.8) is 0 Å². The summed E-state index contributed by atoms with van der Waals surface area (Å²) in [7, 11) is 0. The molecule has 0 radical (unpaired) electrons. The molecule has 21 heavy (non-hydrogen) atoms. The molecule has 0 aliphatic heterocycles. The number of carbonyl (C=O) groups is 1. The Morgan fingerprint density at radius 1 is 1.38 bits per heavy atom. The first-order valence-corrected chi connectivity index (χ1v) is 8.34. The quantitative estimate of drug-likeness (QED) is 0.942. The average molecular weight is 305 g/mol. The molecule has 0 spiro atoms. The lowest BCUT2D eigenvalue weighted by Crippen LogP contribution is -2.37. The third-order valence-corrected chi connectivity index (χ3v) is 4.82. The molecule has 2 heterocycles. The number of nitrogens with zero attached hydrogens (tertiary/aromatic N) is 2. The molecule has 0 unspecified atom stereocenters. The summed E-state index contributed by atoms with van der Waals surface area (Å²) in [6.45, 7) is 0.385. The van der Waals surface area contributed by atoms with Crippen molar-refractivity contribution in [3.8, 4) is 0 Å². The van der Waals surface area contributed by atoms with E-state index in [1.54, 1.807) is 6.07 Å². The van der Waals surface area contributed by atoms with E-state index in [-0.39, 0.29) is 11.5 Å². The number of aromatic nitrogens is 2. The minimum atomic E-state index is -0.0632. The molecule has 5 nitrogen and oxygen atoms in total. The van der Waals surface area contributed by atoms with Crippen molar-refractivity contribution in [1.29, 1.82) is 0 Å². The molecule has 1 fully saturated rings. The average Bonchev–Trinajstić information content (AvgIpc) is 2.97. The molecule has 0 atom stereocenters. The zero-order valence-electron chi connectivity index (χ0n) is 11.9. The van der Waals surface area contributed by atoms with Crippen LogP contribution in [0.3, 0.4) is 0 Å². The van der Waals surface area contributed by atoms with Gasteiger partial charge in [0.15, 0.2) is 0 Å². The lowest BCUT2D eigenvalue weighted by Gasteiger charge is -2.22. The Morgan fingerprint density at radius 2 is 2.19 bits per heavy atom. The molecule has 112 valence electrons. The smallest absolute Gasteiger partial charge is 0.262 e. The van der Waals surface area contributed by atoms with Crippen LogP contribution in [0, 0.1) is 0 Å². The van der Waals surface area contributed by atoms with Gasteiger partial charge in [0.25, 0.3) is 5.56 Å². The van der Waals surface area contributed by atoms with Crippen LogP contribution in [0.2, 0.25) is 0 Å². The fourth-order valence-electron chi connectivity index (χ4n) is 2.82. The summed E-state index contributed by atoms with van der Waals surface area (Å²) in [5, 5.41) is 5.56. The van der Waals surface area contributed by atoms with Gasteiger partial charge in [-0.15, -0.1) is 11.3 Å². The number of hydrogen-bond acceptors (Lipinski definition) is 4. The third-order valence-electron chi connectivity index (χ3n) is 4.00. The molecule has 0 bridgehead atoms. The fraction of sp³-hybridized carbons (Fsp3) is 0.533. The Labute approximate surface area is 127 Å². The Morgan fingerprint density at radius 3 is 3.00 bits per heavy atom. The number of thiophene rings is 1. The first-order chi connectivity index (χ1) is 10.2. The van der Waals surface area contributed by atoms with Gasteiger partial charge in [-0.3, -0.25) is 14.2 Å². The van der Waals surface area contributed by atoms with Gasteiger partial charge < -0.3 is 5.32 Å². The summed E-state index contributed by atoms with van der Waals surface area (Å²) in [5.41, 5.74) is -0.0632. The monoisotopic (exact) mass is 305 g/mol. The van der Waals surface area contributed by atoms with E-state index in [9.17, 15) is 9.59 Å². The van der Waals surface area contributed by atoms with Crippen LogP contribution in [-0.4, -0.2) is 21.5 Å². The normalized spacial score (nSPS) is 16.2. The number of nitrogens with one attached hydrogen (secondary N) is 1. The second kappa shape index (κ2) is 6.39. The summed E-state index contributed by atoms with van der Waals surface area (Å²) >= 11 is 1.45. The van der Waals surface area contributed by atoms with E-state index in [1.807, 2.05) is 5.38 Å². The first-order valence-electron chi connectivity index (χ1n) is 7.46. The van der Waals surface area contributed by atoms with Crippen molar-refractivity contribution in [2.24, 2.45) is 0 Å². The number of amides is 1. The van der Waals surface area contributed by atoms with Crippen molar-refractivity contribution in [2.75, 3.05) is 0 Å². The molecule has 0 aromatic carbocycles. The van der Waals surface area contributed by atoms with E-state index in [1.165, 1.54) is 41.5 Å². The Hall–Kier alpha value is -1.69. The summed E-state index contributed by atoms with van der Waals surface area (Å²) in [6, 6.07) is 2.11. The summed E-state index contributed by atoms with van der Waals surface area (Å²) in [4.78, 5) is 29.2. The van der Waals surface area contributed by atoms with Crippen molar-refractivity contribution in [2.45, 2.75) is 51.1 Å². The van der Waals surface area contributed by atoms with Crippen LogP contribution in [0.15, 0.2) is 22.6 Å². The standard InChI is InChI=1S/C15H19N3O2S/c19-13(17-11-4-2-1-3-5-11)6-8-18-10-16-14-12(15(18)20)7-9-21-14/h7,9-11H,1-6,8H2,(H,17,19). The molecule has 0 saturated heterocycles. The molecule has 1 amide bonds. The number of aryl methyl sites for hydroxylation is 1. The molecule has 3 rings (SSSR count). The van der Waals surface area contributed by atoms with Gasteiger partial charge in [-0.25, -0.2) is 4.98 Å². The fourth-order valence-corrected chi connectivity index (χ4v) is 3.54. The molecule has 6 heteroatoms. The van der Waals surface area contributed by atoms with Crippen LogP contribution in [0.25, 0.3) is 10.2 Å². The van der Waals surface area contributed by atoms with E-state index >= 15 is 0 Å². The van der Waals surface area contributed by atoms with Crippen LogP contribution in [0.5, 0.6) is 0 Å². The van der Waals surface area contributed by atoms with Gasteiger partial charge in [0, 0.05) is 19.0 Å². The van der Waals surface area contributed by atoms with E-state index < -0.39 is 0 Å². The minimum absolute atomic E-state index is 0.0271. The number of rotatable bonds is 4. The van der Waals surface area contributed by atoms with Crippen LogP contribution < -0.4 is 10.9 Å². The molecular formula is C15H19N3O2S. The number of hydrogen-bond donors (Lipinski definition) is 1. The topological polar surface area (TPSA) is 64.0 Å². The Kier molecular flexibility index (Phi) is 4.34. The van der Waals surface area contributed by atoms with Gasteiger partial charge in [-0.05, 0) is 24.3 Å². The van der Waals surface area contributed by atoms with Gasteiger partial charge in [-0.1, -0.05) is 19.3 Å². The van der Waals surface area contributed by atoms with Crippen molar-refractivity contribution in [1.82, 2.24) is 14.9 Å². The molecule has 2 aromatic heterocycles. The van der Waals surface area contributed by atoms with Crippen LogP contribution in [0.1, 0.15) is 38.5 Å². The number of fused-ring (bicyclic) bond motifs is 1. The van der Waals surface area contributed by atoms with Crippen LogP contribution in [0.4, 0.5) is 0 Å². The zero-order valence-corrected chi connectivity index (χ0v) is 12.7. The highest BCUT2D eigenvalue weighted by Crippen LogP contribution is 2.17. The lowest BCUT2D eigenvalue weighted by molar-refractivity contribution is -0.122. The van der Waals surface area contributed by atoms with E-state index in [0.717, 1.165) is 17.7 Å². The maximum absolute atomic E-state index is 12.2. The van der Waals surface area contributed by atoms with E-state index in [0.29, 0.717) is 24.4 Å². The third kappa shape index (κ3) is 3.32. The molecule has 2 aromatic rings. The maximum Gasteiger partial charge on any atom is 0.262 e. The lowest BCUT2D eigenvalue weighted by atomic mass is 9.95. The van der Waals surface area contributed by atoms with Gasteiger partial charge in [-0.2, -0.15) is 0 Å². The van der Waals surface area contributed by atoms with Crippen LogP contribution in [-0.2, 0) is 11.3 Å². The highest BCUT2D eigenvalue weighted by Gasteiger charge is 2.15. The second-order valence-electron chi connectivity index (χ2n) is 5.53. The summed E-state index contributed by atoms with van der Waals surface area (Å²) < 4.78 is 1.52.